The van der Waals surface area contributed by atoms with E-state index in [2.05, 4.69) is 15.3 Å². The summed E-state index contributed by atoms with van der Waals surface area (Å²) in [4.78, 5) is 9.29. The molecule has 1 unspecified atom stereocenters. The molecule has 0 aliphatic heterocycles. The fourth-order valence-electron chi connectivity index (χ4n) is 2.74. The summed E-state index contributed by atoms with van der Waals surface area (Å²) in [6.45, 7) is 1.13. The summed E-state index contributed by atoms with van der Waals surface area (Å²) in [6, 6.07) is 13.2. The Labute approximate surface area is 190 Å². The van der Waals surface area contributed by atoms with Crippen molar-refractivity contribution < 1.29 is 9.47 Å². The minimum Gasteiger partial charge on any atom is -0.384 e. The first-order valence-corrected chi connectivity index (χ1v) is 10.5. The molecule has 1 N–H and O–H groups in total. The van der Waals surface area contributed by atoms with Gasteiger partial charge in [-0.15, -0.1) is 12.4 Å². The second kappa shape index (κ2) is 11.8. The van der Waals surface area contributed by atoms with E-state index < -0.39 is 0 Å². The van der Waals surface area contributed by atoms with Crippen LogP contribution >= 0.6 is 47.4 Å². The molecule has 5 nitrogen and oxygen atoms in total. The van der Waals surface area contributed by atoms with E-state index in [1.165, 1.54) is 0 Å². The minimum atomic E-state index is -0.220. The molecule has 0 amide bonds. The second-order valence-corrected chi connectivity index (χ2v) is 7.89. The molecule has 2 aromatic carbocycles. The molecule has 0 bridgehead atoms. The highest BCUT2D eigenvalue weighted by Gasteiger charge is 2.16. The topological polar surface area (TPSA) is 56.3 Å². The van der Waals surface area contributed by atoms with Gasteiger partial charge in [0.2, 0.25) is 0 Å². The van der Waals surface area contributed by atoms with Crippen LogP contribution in [0.5, 0.6) is 0 Å². The molecule has 0 saturated carbocycles. The number of nitrogens with zero attached hydrogens (tertiary/aromatic N) is 2. The zero-order chi connectivity index (χ0) is 19.9. The molecule has 1 heterocycles. The Morgan fingerprint density at radius 2 is 1.90 bits per heavy atom. The molecule has 0 radical (unpaired) electrons. The van der Waals surface area contributed by atoms with E-state index in [-0.39, 0.29) is 18.5 Å². The summed E-state index contributed by atoms with van der Waals surface area (Å²) in [5.74, 6) is 1.48. The molecule has 0 saturated heterocycles. The maximum Gasteiger partial charge on any atom is 0.190 e. The molecule has 9 heteroatoms. The van der Waals surface area contributed by atoms with Crippen molar-refractivity contribution >= 4 is 64.1 Å². The van der Waals surface area contributed by atoms with Crippen molar-refractivity contribution in [2.24, 2.45) is 0 Å². The van der Waals surface area contributed by atoms with Gasteiger partial charge in [0.1, 0.15) is 11.9 Å². The van der Waals surface area contributed by atoms with E-state index in [0.717, 1.165) is 22.2 Å². The summed E-state index contributed by atoms with van der Waals surface area (Å²) in [5.41, 5.74) is 1.75. The van der Waals surface area contributed by atoms with Crippen LogP contribution in [0.4, 0.5) is 5.82 Å². The third kappa shape index (κ3) is 6.35. The third-order valence-corrected chi connectivity index (χ3v) is 5.54. The Balaban J connectivity index is 0.00000300. The Bertz CT molecular complexity index is 946. The lowest BCUT2D eigenvalue weighted by Crippen LogP contribution is -2.16. The van der Waals surface area contributed by atoms with Gasteiger partial charge in [-0.1, -0.05) is 53.2 Å². The van der Waals surface area contributed by atoms with E-state index in [0.29, 0.717) is 34.2 Å². The first-order valence-electron chi connectivity index (χ1n) is 8.72. The van der Waals surface area contributed by atoms with Crippen molar-refractivity contribution in [2.75, 3.05) is 38.4 Å². The monoisotopic (exact) mass is 473 g/mol. The maximum atomic E-state index is 6.33. The van der Waals surface area contributed by atoms with Crippen LogP contribution in [0.25, 0.3) is 10.9 Å². The number of hydrogen-bond acceptors (Lipinski definition) is 6. The van der Waals surface area contributed by atoms with Crippen LogP contribution in [0.2, 0.25) is 10.0 Å². The molecule has 0 aliphatic carbocycles. The van der Waals surface area contributed by atoms with Gasteiger partial charge in [-0.05, 0) is 24.3 Å². The average molecular weight is 475 g/mol. The van der Waals surface area contributed by atoms with Crippen molar-refractivity contribution in [3.63, 3.8) is 0 Å². The second-order valence-electron chi connectivity index (χ2n) is 5.98. The largest absolute Gasteiger partial charge is 0.384 e. The lowest BCUT2D eigenvalue weighted by molar-refractivity contribution is 0.114. The average Bonchev–Trinajstić information content (AvgIpc) is 2.70. The van der Waals surface area contributed by atoms with Crippen molar-refractivity contribution in [1.82, 2.24) is 9.97 Å². The van der Waals surface area contributed by atoms with Gasteiger partial charge in [-0.25, -0.2) is 9.97 Å². The van der Waals surface area contributed by atoms with Crippen LogP contribution in [0.1, 0.15) is 11.7 Å². The molecule has 3 rings (SSSR count). The number of benzene rings is 2. The Kier molecular flexibility index (Phi) is 9.75. The number of fused-ring (bicyclic) bond motifs is 1. The number of halogens is 3. The van der Waals surface area contributed by atoms with Gasteiger partial charge in [-0.2, -0.15) is 0 Å². The minimum absolute atomic E-state index is 0. The summed E-state index contributed by atoms with van der Waals surface area (Å²) < 4.78 is 10.8. The van der Waals surface area contributed by atoms with Crippen LogP contribution in [-0.4, -0.2) is 43.1 Å². The lowest BCUT2D eigenvalue weighted by atomic mass is 10.1. The van der Waals surface area contributed by atoms with Crippen molar-refractivity contribution in [2.45, 2.75) is 11.3 Å². The third-order valence-electron chi connectivity index (χ3n) is 4.15. The number of anilines is 1. The van der Waals surface area contributed by atoms with E-state index >= 15 is 0 Å². The predicted molar refractivity (Wildman–Crippen MR) is 124 cm³/mol. The SMILES string of the molecule is COCCSc1nc(NCC(OC)c2ccccc2Cl)c2cc(Cl)ccc2n1.Cl. The number of rotatable bonds is 9. The molecule has 29 heavy (non-hydrogen) atoms. The molecule has 1 aromatic heterocycles. The molecule has 0 fully saturated rings. The molecule has 0 spiro atoms. The summed E-state index contributed by atoms with van der Waals surface area (Å²) in [7, 11) is 3.34. The highest BCUT2D eigenvalue weighted by Crippen LogP contribution is 2.29. The standard InChI is InChI=1S/C20H21Cl2N3O2S.ClH/c1-26-9-10-28-20-24-17-8-7-13(21)11-15(17)19(25-20)23-12-18(27-2)14-5-3-4-6-16(14)22;/h3-8,11,18H,9-10,12H2,1-2H3,(H,23,24,25);1H. The van der Waals surface area contributed by atoms with Gasteiger partial charge in [-0.3, -0.25) is 0 Å². The normalized spacial score (nSPS) is 11.9. The van der Waals surface area contributed by atoms with Crippen molar-refractivity contribution in [3.8, 4) is 0 Å². The van der Waals surface area contributed by atoms with Crippen LogP contribution in [0, 0.1) is 0 Å². The summed E-state index contributed by atoms with van der Waals surface area (Å²) >= 11 is 14.1. The number of ether oxygens (including phenoxy) is 2. The first-order chi connectivity index (χ1) is 13.6. The van der Waals surface area contributed by atoms with Gasteiger partial charge in [0.25, 0.3) is 0 Å². The van der Waals surface area contributed by atoms with Crippen LogP contribution < -0.4 is 5.32 Å². The van der Waals surface area contributed by atoms with Gasteiger partial charge in [0.15, 0.2) is 5.16 Å². The lowest BCUT2D eigenvalue weighted by Gasteiger charge is -2.19. The molecule has 1 atom stereocenters. The van der Waals surface area contributed by atoms with Crippen LogP contribution in [-0.2, 0) is 9.47 Å². The molecule has 3 aromatic rings. The zero-order valence-electron chi connectivity index (χ0n) is 16.0. The van der Waals surface area contributed by atoms with Gasteiger partial charge in [0, 0.05) is 47.5 Å². The number of thioether (sulfide) groups is 1. The highest BCUT2D eigenvalue weighted by molar-refractivity contribution is 7.99. The highest BCUT2D eigenvalue weighted by atomic mass is 35.5. The Morgan fingerprint density at radius 1 is 1.10 bits per heavy atom. The van der Waals surface area contributed by atoms with Crippen molar-refractivity contribution in [3.05, 3.63) is 58.1 Å². The number of methoxy groups -OCH3 is 2. The van der Waals surface area contributed by atoms with Crippen LogP contribution in [0.3, 0.4) is 0 Å². The fourth-order valence-corrected chi connectivity index (χ4v) is 3.92. The smallest absolute Gasteiger partial charge is 0.190 e. The summed E-state index contributed by atoms with van der Waals surface area (Å²) in [6.07, 6.45) is -0.220. The molecular formula is C20H22Cl3N3O2S. The molecule has 156 valence electrons. The van der Waals surface area contributed by atoms with E-state index in [1.807, 2.05) is 42.5 Å². The number of nitrogens with one attached hydrogen (secondary N) is 1. The van der Waals surface area contributed by atoms with E-state index in [9.17, 15) is 0 Å². The predicted octanol–water partition coefficient (Wildman–Crippen LogP) is 5.90. The summed E-state index contributed by atoms with van der Waals surface area (Å²) in [5, 5.41) is 6.23. The zero-order valence-corrected chi connectivity index (χ0v) is 19.2. The maximum absolute atomic E-state index is 6.33. The fraction of sp³-hybridized carbons (Fsp3) is 0.300. The number of aromatic nitrogens is 2. The quantitative estimate of drug-likeness (QED) is 0.237. The van der Waals surface area contributed by atoms with E-state index in [4.69, 9.17) is 32.7 Å². The van der Waals surface area contributed by atoms with Gasteiger partial charge < -0.3 is 14.8 Å². The molecular weight excluding hydrogens is 453 g/mol. The first kappa shape index (κ1) is 24.0. The Hall–Kier alpha value is -1.28. The number of hydrogen-bond donors (Lipinski definition) is 1. The van der Waals surface area contributed by atoms with Crippen molar-refractivity contribution in [1.29, 1.82) is 0 Å². The Morgan fingerprint density at radius 3 is 2.62 bits per heavy atom. The van der Waals surface area contributed by atoms with Gasteiger partial charge >= 0.3 is 0 Å². The van der Waals surface area contributed by atoms with E-state index in [1.54, 1.807) is 26.0 Å². The molecule has 0 aliphatic rings. The van der Waals surface area contributed by atoms with Gasteiger partial charge in [0.05, 0.1) is 12.1 Å². The van der Waals surface area contributed by atoms with Crippen LogP contribution in [0.15, 0.2) is 47.6 Å².